The quantitative estimate of drug-likeness (QED) is 0.908. The van der Waals surface area contributed by atoms with E-state index < -0.39 is 17.4 Å². The molecule has 1 aliphatic heterocycles. The maximum atomic E-state index is 13.4. The number of carbonyl (C=O) groups excluding carboxylic acids is 2. The third-order valence-corrected chi connectivity index (χ3v) is 3.43. The second-order valence-corrected chi connectivity index (χ2v) is 5.01. The van der Waals surface area contributed by atoms with Crippen LogP contribution in [0.3, 0.4) is 0 Å². The van der Waals surface area contributed by atoms with Crippen molar-refractivity contribution in [2.24, 2.45) is 0 Å². The maximum absolute atomic E-state index is 13.4. The first-order chi connectivity index (χ1) is 9.30. The molecule has 1 heterocycles. The molecule has 1 aliphatic rings. The van der Waals surface area contributed by atoms with Crippen LogP contribution in [0.2, 0.25) is 5.02 Å². The Kier molecular flexibility index (Phi) is 3.94. The zero-order chi connectivity index (χ0) is 14.9. The minimum Gasteiger partial charge on any atom is -0.353 e. The minimum atomic E-state index is -3.13. The van der Waals surface area contributed by atoms with Crippen LogP contribution in [0.15, 0.2) is 18.2 Å². The lowest BCUT2D eigenvalue weighted by atomic mass is 10.0. The lowest BCUT2D eigenvalue weighted by Gasteiger charge is -2.27. The van der Waals surface area contributed by atoms with Crippen molar-refractivity contribution in [1.82, 2.24) is 10.2 Å². The molecule has 108 valence electrons. The highest BCUT2D eigenvalue weighted by Crippen LogP contribution is 2.35. The highest BCUT2D eigenvalue weighted by Gasteiger charge is 2.31. The summed E-state index contributed by atoms with van der Waals surface area (Å²) < 4.78 is 26.8. The van der Waals surface area contributed by atoms with Crippen LogP contribution in [0.4, 0.5) is 8.78 Å². The van der Waals surface area contributed by atoms with Crippen molar-refractivity contribution in [3.05, 3.63) is 34.3 Å². The van der Waals surface area contributed by atoms with Crippen molar-refractivity contribution in [3.8, 4) is 0 Å². The van der Waals surface area contributed by atoms with Crippen LogP contribution in [0, 0.1) is 0 Å². The largest absolute Gasteiger partial charge is 0.353 e. The zero-order valence-corrected chi connectivity index (χ0v) is 11.5. The van der Waals surface area contributed by atoms with E-state index in [1.807, 2.05) is 0 Å². The summed E-state index contributed by atoms with van der Waals surface area (Å²) in [5.74, 6) is -3.93. The van der Waals surface area contributed by atoms with E-state index in [2.05, 4.69) is 5.32 Å². The molecule has 0 aliphatic carbocycles. The van der Waals surface area contributed by atoms with Gasteiger partial charge in [0.15, 0.2) is 0 Å². The molecule has 1 N–H and O–H groups in total. The molecule has 2 amide bonds. The summed E-state index contributed by atoms with van der Waals surface area (Å²) in [6, 6.07) is 3.92. The minimum absolute atomic E-state index is 0.0135. The maximum Gasteiger partial charge on any atom is 0.271 e. The van der Waals surface area contributed by atoms with Gasteiger partial charge in [0.1, 0.15) is 0 Å². The topological polar surface area (TPSA) is 49.4 Å². The fraction of sp³-hybridized carbons (Fsp3) is 0.385. The van der Waals surface area contributed by atoms with Gasteiger partial charge >= 0.3 is 0 Å². The molecule has 2 rings (SSSR count). The standard InChI is InChI=1S/C13H13ClF2N2O2/c1-13(15,16)9-4-2-3-8(11(9)14)12(20)18-6-5-17-10(19)7-18/h2-4H,5-7H2,1H3,(H,17,19). The molecule has 1 saturated heterocycles. The number of rotatable bonds is 2. The fourth-order valence-corrected chi connectivity index (χ4v) is 2.39. The van der Waals surface area contributed by atoms with Gasteiger partial charge < -0.3 is 10.2 Å². The van der Waals surface area contributed by atoms with Crippen molar-refractivity contribution >= 4 is 23.4 Å². The van der Waals surface area contributed by atoms with Gasteiger partial charge in [0, 0.05) is 25.6 Å². The van der Waals surface area contributed by atoms with Crippen LogP contribution in [0.1, 0.15) is 22.8 Å². The molecule has 1 aromatic rings. The van der Waals surface area contributed by atoms with E-state index in [0.717, 1.165) is 6.92 Å². The number of hydrogen-bond acceptors (Lipinski definition) is 2. The first kappa shape index (κ1) is 14.7. The monoisotopic (exact) mass is 302 g/mol. The third-order valence-electron chi connectivity index (χ3n) is 3.03. The van der Waals surface area contributed by atoms with E-state index in [4.69, 9.17) is 11.6 Å². The number of nitrogens with one attached hydrogen (secondary N) is 1. The Bertz CT molecular complexity index is 558. The van der Waals surface area contributed by atoms with Gasteiger partial charge in [0.25, 0.3) is 11.8 Å². The van der Waals surface area contributed by atoms with Gasteiger partial charge in [-0.2, -0.15) is 0 Å². The number of benzene rings is 1. The van der Waals surface area contributed by atoms with Crippen LogP contribution in [0.5, 0.6) is 0 Å². The number of nitrogens with zero attached hydrogens (tertiary/aromatic N) is 1. The van der Waals surface area contributed by atoms with Crippen LogP contribution in [0.25, 0.3) is 0 Å². The van der Waals surface area contributed by atoms with Crippen molar-refractivity contribution < 1.29 is 18.4 Å². The van der Waals surface area contributed by atoms with Crippen LogP contribution in [-0.4, -0.2) is 36.3 Å². The van der Waals surface area contributed by atoms with Gasteiger partial charge in [-0.15, -0.1) is 0 Å². The lowest BCUT2D eigenvalue weighted by molar-refractivity contribution is -0.123. The summed E-state index contributed by atoms with van der Waals surface area (Å²) >= 11 is 5.92. The number of halogens is 3. The Morgan fingerprint density at radius 3 is 2.75 bits per heavy atom. The molecule has 0 radical (unpaired) electrons. The number of amides is 2. The molecule has 0 unspecified atom stereocenters. The fourth-order valence-electron chi connectivity index (χ4n) is 2.02. The highest BCUT2D eigenvalue weighted by atomic mass is 35.5. The molecule has 0 aromatic heterocycles. The Balaban J connectivity index is 2.33. The summed E-state index contributed by atoms with van der Waals surface area (Å²) in [7, 11) is 0. The molecule has 0 spiro atoms. The number of hydrogen-bond donors (Lipinski definition) is 1. The van der Waals surface area contributed by atoms with Gasteiger partial charge in [-0.25, -0.2) is 8.78 Å². The second kappa shape index (κ2) is 5.36. The number of alkyl halides is 2. The summed E-state index contributed by atoms with van der Waals surface area (Å²) in [6.45, 7) is 1.29. The molecule has 1 fully saturated rings. The third kappa shape index (κ3) is 2.90. The van der Waals surface area contributed by atoms with E-state index in [1.54, 1.807) is 0 Å². The van der Waals surface area contributed by atoms with E-state index in [9.17, 15) is 18.4 Å². The molecule has 0 bridgehead atoms. The van der Waals surface area contributed by atoms with Gasteiger partial charge in [-0.05, 0) is 6.07 Å². The molecule has 7 heteroatoms. The molecule has 20 heavy (non-hydrogen) atoms. The van der Waals surface area contributed by atoms with Gasteiger partial charge in [0.05, 0.1) is 17.1 Å². The lowest BCUT2D eigenvalue weighted by Crippen LogP contribution is -2.50. The van der Waals surface area contributed by atoms with Crippen LogP contribution < -0.4 is 5.32 Å². The van der Waals surface area contributed by atoms with Crippen molar-refractivity contribution in [2.45, 2.75) is 12.8 Å². The van der Waals surface area contributed by atoms with E-state index in [0.29, 0.717) is 13.1 Å². The highest BCUT2D eigenvalue weighted by molar-refractivity contribution is 6.34. The average Bonchev–Trinajstić information content (AvgIpc) is 2.37. The zero-order valence-electron chi connectivity index (χ0n) is 10.8. The van der Waals surface area contributed by atoms with Gasteiger partial charge in [-0.3, -0.25) is 9.59 Å². The first-order valence-corrected chi connectivity index (χ1v) is 6.41. The summed E-state index contributed by atoms with van der Waals surface area (Å²) in [5, 5.41) is 2.32. The van der Waals surface area contributed by atoms with Gasteiger partial charge in [0.2, 0.25) is 5.91 Å². The van der Waals surface area contributed by atoms with Crippen molar-refractivity contribution in [2.75, 3.05) is 19.6 Å². The second-order valence-electron chi connectivity index (χ2n) is 4.63. The van der Waals surface area contributed by atoms with Gasteiger partial charge in [-0.1, -0.05) is 23.7 Å². The van der Waals surface area contributed by atoms with Crippen molar-refractivity contribution in [1.29, 1.82) is 0 Å². The van der Waals surface area contributed by atoms with Crippen LogP contribution >= 0.6 is 11.6 Å². The Morgan fingerprint density at radius 2 is 2.15 bits per heavy atom. The molecule has 0 saturated carbocycles. The SMILES string of the molecule is CC(F)(F)c1cccc(C(=O)N2CCNC(=O)C2)c1Cl. The molecular weight excluding hydrogens is 290 g/mol. The molecule has 1 aromatic carbocycles. The number of carbonyl (C=O) groups is 2. The number of piperazine rings is 1. The summed E-state index contributed by atoms with van der Waals surface area (Å²) in [5.41, 5.74) is -0.410. The predicted molar refractivity (Wildman–Crippen MR) is 69.9 cm³/mol. The predicted octanol–water partition coefficient (Wildman–Crippen LogP) is 2.02. The molecule has 0 atom stereocenters. The average molecular weight is 303 g/mol. The van der Waals surface area contributed by atoms with E-state index in [-0.39, 0.29) is 23.0 Å². The summed E-state index contributed by atoms with van der Waals surface area (Å²) in [4.78, 5) is 24.8. The van der Waals surface area contributed by atoms with Crippen molar-refractivity contribution in [3.63, 3.8) is 0 Å². The molecular formula is C13H13ClF2N2O2. The first-order valence-electron chi connectivity index (χ1n) is 6.03. The smallest absolute Gasteiger partial charge is 0.271 e. The Labute approximate surface area is 119 Å². The van der Waals surface area contributed by atoms with E-state index in [1.165, 1.54) is 23.1 Å². The Morgan fingerprint density at radius 1 is 1.45 bits per heavy atom. The Hall–Kier alpha value is -1.69. The van der Waals surface area contributed by atoms with Crippen LogP contribution in [-0.2, 0) is 10.7 Å². The normalized spacial score (nSPS) is 16.0. The van der Waals surface area contributed by atoms with E-state index >= 15 is 0 Å². The molecule has 4 nitrogen and oxygen atoms in total. The summed E-state index contributed by atoms with van der Waals surface area (Å²) in [6.07, 6.45) is 0.